The van der Waals surface area contributed by atoms with Crippen molar-refractivity contribution in [2.45, 2.75) is 46.6 Å². The average Bonchev–Trinajstić information content (AvgIpc) is 2.78. The Morgan fingerprint density at radius 2 is 1.78 bits per heavy atom. The van der Waals surface area contributed by atoms with Crippen LogP contribution in [0.3, 0.4) is 0 Å². The topological polar surface area (TPSA) is 79.8 Å². The van der Waals surface area contributed by atoms with Crippen molar-refractivity contribution in [1.82, 2.24) is 20.1 Å². The van der Waals surface area contributed by atoms with E-state index in [1.165, 1.54) is 4.68 Å². The van der Waals surface area contributed by atoms with Crippen LogP contribution >= 0.6 is 0 Å². The molecule has 0 fully saturated rings. The van der Waals surface area contributed by atoms with Crippen LogP contribution in [-0.4, -0.2) is 26.2 Å². The van der Waals surface area contributed by atoms with Crippen molar-refractivity contribution in [3.8, 4) is 5.69 Å². The SMILES string of the molecule is CC(C)(C)CC(C)(C)NC(=O)c1nn(-c2ccccc2)c(=O)[nH]1. The number of nitrogens with one attached hydrogen (secondary N) is 2. The number of carbonyl (C=O) groups excluding carboxylic acids is 1. The maximum Gasteiger partial charge on any atom is 0.348 e. The van der Waals surface area contributed by atoms with Gasteiger partial charge in [-0.1, -0.05) is 39.0 Å². The normalized spacial score (nSPS) is 12.2. The number of para-hydroxylation sites is 1. The standard InChI is InChI=1S/C17H24N4O2/c1-16(2,3)11-17(4,5)19-14(22)13-18-15(23)21(20-13)12-9-7-6-8-10-12/h6-10H,11H2,1-5H3,(H,19,22)(H,18,20,23). The number of hydrogen-bond donors (Lipinski definition) is 2. The maximum absolute atomic E-state index is 12.4. The average molecular weight is 316 g/mol. The molecule has 23 heavy (non-hydrogen) atoms. The second kappa shape index (κ2) is 6.02. The van der Waals surface area contributed by atoms with E-state index >= 15 is 0 Å². The molecule has 6 nitrogen and oxygen atoms in total. The van der Waals surface area contributed by atoms with E-state index < -0.39 is 11.2 Å². The number of nitrogens with zero attached hydrogens (tertiary/aromatic N) is 2. The molecule has 0 saturated heterocycles. The fraction of sp³-hybridized carbons (Fsp3) is 0.471. The smallest absolute Gasteiger partial charge is 0.344 e. The minimum atomic E-state index is -0.435. The van der Waals surface area contributed by atoms with Gasteiger partial charge >= 0.3 is 5.69 Å². The molecular formula is C17H24N4O2. The summed E-state index contributed by atoms with van der Waals surface area (Å²) in [4.78, 5) is 26.9. The first-order valence-electron chi connectivity index (χ1n) is 7.65. The first kappa shape index (κ1) is 17.0. The van der Waals surface area contributed by atoms with Crippen molar-refractivity contribution >= 4 is 5.91 Å². The van der Waals surface area contributed by atoms with E-state index in [1.807, 2.05) is 32.0 Å². The Kier molecular flexibility index (Phi) is 4.45. The van der Waals surface area contributed by atoms with Gasteiger partial charge in [0, 0.05) is 5.54 Å². The van der Waals surface area contributed by atoms with Gasteiger partial charge in [-0.25, -0.2) is 4.79 Å². The zero-order chi connectivity index (χ0) is 17.3. The molecule has 2 rings (SSSR count). The van der Waals surface area contributed by atoms with Gasteiger partial charge in [-0.15, -0.1) is 5.10 Å². The molecule has 1 aromatic carbocycles. The minimum Gasteiger partial charge on any atom is -0.344 e. The largest absolute Gasteiger partial charge is 0.348 e. The van der Waals surface area contributed by atoms with Gasteiger partial charge in [-0.05, 0) is 37.8 Å². The Morgan fingerprint density at radius 1 is 1.17 bits per heavy atom. The highest BCUT2D eigenvalue weighted by Gasteiger charge is 2.28. The molecule has 2 N–H and O–H groups in total. The van der Waals surface area contributed by atoms with Gasteiger partial charge in [0.25, 0.3) is 5.91 Å². The van der Waals surface area contributed by atoms with Crippen molar-refractivity contribution in [3.63, 3.8) is 0 Å². The lowest BCUT2D eigenvalue weighted by molar-refractivity contribution is 0.0880. The summed E-state index contributed by atoms with van der Waals surface area (Å²) in [6.07, 6.45) is 0.801. The highest BCUT2D eigenvalue weighted by atomic mass is 16.2. The Hall–Kier alpha value is -2.37. The van der Waals surface area contributed by atoms with Gasteiger partial charge in [0.05, 0.1) is 5.69 Å². The van der Waals surface area contributed by atoms with Crippen LogP contribution in [0.4, 0.5) is 0 Å². The second-order valence-electron chi connectivity index (χ2n) is 7.60. The third kappa shape index (κ3) is 4.55. The van der Waals surface area contributed by atoms with Crippen molar-refractivity contribution in [3.05, 3.63) is 46.6 Å². The summed E-state index contributed by atoms with van der Waals surface area (Å²) < 4.78 is 1.19. The van der Waals surface area contributed by atoms with E-state index in [0.29, 0.717) is 5.69 Å². The second-order valence-corrected chi connectivity index (χ2v) is 7.60. The van der Waals surface area contributed by atoms with Crippen molar-refractivity contribution in [2.24, 2.45) is 5.41 Å². The van der Waals surface area contributed by atoms with Crippen LogP contribution in [0.1, 0.15) is 51.7 Å². The zero-order valence-corrected chi connectivity index (χ0v) is 14.3. The Balaban J connectivity index is 2.20. The van der Waals surface area contributed by atoms with E-state index in [2.05, 4.69) is 36.2 Å². The number of benzene rings is 1. The quantitative estimate of drug-likeness (QED) is 0.909. The molecule has 6 heteroatoms. The van der Waals surface area contributed by atoms with E-state index in [0.717, 1.165) is 6.42 Å². The molecule has 0 aliphatic heterocycles. The van der Waals surface area contributed by atoms with Gasteiger partial charge in [0.15, 0.2) is 0 Å². The fourth-order valence-electron chi connectivity index (χ4n) is 2.91. The summed E-state index contributed by atoms with van der Waals surface area (Å²) in [5, 5.41) is 7.03. The molecule has 0 aliphatic rings. The first-order valence-corrected chi connectivity index (χ1v) is 7.65. The molecule has 1 heterocycles. The molecule has 0 spiro atoms. The number of aromatic nitrogens is 3. The van der Waals surface area contributed by atoms with Crippen molar-refractivity contribution < 1.29 is 4.79 Å². The lowest BCUT2D eigenvalue weighted by Gasteiger charge is -2.32. The first-order chi connectivity index (χ1) is 10.6. The number of H-pyrrole nitrogens is 1. The third-order valence-electron chi connectivity index (χ3n) is 3.26. The van der Waals surface area contributed by atoms with Crippen LogP contribution in [0.2, 0.25) is 0 Å². The number of rotatable bonds is 4. The number of amides is 1. The van der Waals surface area contributed by atoms with Gasteiger partial charge in [0.2, 0.25) is 5.82 Å². The monoisotopic (exact) mass is 316 g/mol. The van der Waals surface area contributed by atoms with Crippen LogP contribution in [0, 0.1) is 5.41 Å². The lowest BCUT2D eigenvalue weighted by Crippen LogP contribution is -2.46. The fourth-order valence-corrected chi connectivity index (χ4v) is 2.91. The third-order valence-corrected chi connectivity index (χ3v) is 3.26. The Labute approximate surface area is 135 Å². The molecule has 124 valence electrons. The zero-order valence-electron chi connectivity index (χ0n) is 14.3. The summed E-state index contributed by atoms with van der Waals surface area (Å²) in [6.45, 7) is 10.3. The molecule has 0 atom stereocenters. The highest BCUT2D eigenvalue weighted by Crippen LogP contribution is 2.26. The molecule has 0 aliphatic carbocycles. The van der Waals surface area contributed by atoms with E-state index in [1.54, 1.807) is 12.1 Å². The molecule has 0 bridgehead atoms. The highest BCUT2D eigenvalue weighted by molar-refractivity contribution is 5.90. The molecule has 1 aromatic heterocycles. The summed E-state index contributed by atoms with van der Waals surface area (Å²) >= 11 is 0. The summed E-state index contributed by atoms with van der Waals surface area (Å²) in [5.41, 5.74) is -0.146. The number of aromatic amines is 1. The van der Waals surface area contributed by atoms with Gasteiger partial charge in [0.1, 0.15) is 0 Å². The minimum absolute atomic E-state index is 0.0147. The van der Waals surface area contributed by atoms with Gasteiger partial charge < -0.3 is 5.32 Å². The van der Waals surface area contributed by atoms with Crippen LogP contribution in [-0.2, 0) is 0 Å². The molecule has 2 aromatic rings. The maximum atomic E-state index is 12.4. The number of hydrogen-bond acceptors (Lipinski definition) is 3. The predicted molar refractivity (Wildman–Crippen MR) is 89.8 cm³/mol. The number of carbonyl (C=O) groups is 1. The molecule has 0 saturated carbocycles. The predicted octanol–water partition coefficient (Wildman–Crippen LogP) is 2.51. The van der Waals surface area contributed by atoms with Crippen molar-refractivity contribution in [2.75, 3.05) is 0 Å². The van der Waals surface area contributed by atoms with E-state index in [4.69, 9.17) is 0 Å². The van der Waals surface area contributed by atoms with Gasteiger partial charge in [-0.2, -0.15) is 4.68 Å². The van der Waals surface area contributed by atoms with Gasteiger partial charge in [-0.3, -0.25) is 9.78 Å². The van der Waals surface area contributed by atoms with E-state index in [-0.39, 0.29) is 17.1 Å². The van der Waals surface area contributed by atoms with Crippen LogP contribution in [0.15, 0.2) is 35.1 Å². The summed E-state index contributed by atoms with van der Waals surface area (Å²) in [7, 11) is 0. The molecule has 0 unspecified atom stereocenters. The molecule has 1 amide bonds. The lowest BCUT2D eigenvalue weighted by atomic mass is 9.82. The molecule has 0 radical (unpaired) electrons. The van der Waals surface area contributed by atoms with Crippen LogP contribution in [0.25, 0.3) is 5.69 Å². The van der Waals surface area contributed by atoms with Crippen molar-refractivity contribution in [1.29, 1.82) is 0 Å². The van der Waals surface area contributed by atoms with Crippen LogP contribution in [0.5, 0.6) is 0 Å². The van der Waals surface area contributed by atoms with E-state index in [9.17, 15) is 9.59 Å². The summed E-state index contributed by atoms with van der Waals surface area (Å²) in [5.74, 6) is -0.369. The Bertz CT molecular complexity index is 736. The molecular weight excluding hydrogens is 292 g/mol. The Morgan fingerprint density at radius 3 is 2.35 bits per heavy atom. The summed E-state index contributed by atoms with van der Waals surface area (Å²) in [6, 6.07) is 8.98. The van der Waals surface area contributed by atoms with Crippen LogP contribution < -0.4 is 11.0 Å².